The molecule has 1 N–H and O–H groups in total. The standard InChI is InChI=1S/C12H21N/c1-7-10(4)12(6)13-8-11(5)9(2)3/h7,11,13H,2,6,8H2,1,3-5H3/b10-7+. The van der Waals surface area contributed by atoms with E-state index in [0.29, 0.717) is 5.92 Å². The van der Waals surface area contributed by atoms with E-state index in [0.717, 1.165) is 12.2 Å². The van der Waals surface area contributed by atoms with Gasteiger partial charge in [-0.05, 0) is 32.3 Å². The van der Waals surface area contributed by atoms with E-state index in [4.69, 9.17) is 0 Å². The second-order valence-electron chi connectivity index (χ2n) is 3.58. The molecule has 1 unspecified atom stereocenters. The third-order valence-corrected chi connectivity index (χ3v) is 2.37. The molecule has 0 heterocycles. The Balaban J connectivity index is 3.90. The number of allylic oxidation sites excluding steroid dienone is 2. The Labute approximate surface area is 82.2 Å². The van der Waals surface area contributed by atoms with Crippen molar-refractivity contribution in [1.29, 1.82) is 0 Å². The van der Waals surface area contributed by atoms with Crippen molar-refractivity contribution in [2.24, 2.45) is 5.92 Å². The molecule has 13 heavy (non-hydrogen) atoms. The summed E-state index contributed by atoms with van der Waals surface area (Å²) in [6.07, 6.45) is 2.06. The Morgan fingerprint density at radius 2 is 1.92 bits per heavy atom. The Bertz CT molecular complexity index is 223. The van der Waals surface area contributed by atoms with E-state index in [9.17, 15) is 0 Å². The van der Waals surface area contributed by atoms with Crippen molar-refractivity contribution in [1.82, 2.24) is 5.32 Å². The molecule has 0 rings (SSSR count). The summed E-state index contributed by atoms with van der Waals surface area (Å²) in [5.41, 5.74) is 3.42. The third-order valence-electron chi connectivity index (χ3n) is 2.37. The first-order valence-corrected chi connectivity index (χ1v) is 4.70. The minimum absolute atomic E-state index is 0.501. The lowest BCUT2D eigenvalue weighted by atomic mass is 10.0. The zero-order valence-corrected chi connectivity index (χ0v) is 9.28. The van der Waals surface area contributed by atoms with Gasteiger partial charge in [0.2, 0.25) is 0 Å². The van der Waals surface area contributed by atoms with Crippen molar-refractivity contribution < 1.29 is 0 Å². The lowest BCUT2D eigenvalue weighted by molar-refractivity contribution is 0.626. The maximum Gasteiger partial charge on any atom is 0.0293 e. The lowest BCUT2D eigenvalue weighted by Crippen LogP contribution is -2.21. The van der Waals surface area contributed by atoms with Gasteiger partial charge in [-0.3, -0.25) is 0 Å². The highest BCUT2D eigenvalue weighted by molar-refractivity contribution is 5.23. The van der Waals surface area contributed by atoms with Crippen LogP contribution in [0, 0.1) is 5.92 Å². The maximum absolute atomic E-state index is 3.95. The normalized spacial score (nSPS) is 13.7. The predicted octanol–water partition coefficient (Wildman–Crippen LogP) is 3.27. The van der Waals surface area contributed by atoms with Gasteiger partial charge in [0.1, 0.15) is 0 Å². The van der Waals surface area contributed by atoms with Gasteiger partial charge in [-0.2, -0.15) is 0 Å². The third kappa shape index (κ3) is 4.56. The number of nitrogens with one attached hydrogen (secondary N) is 1. The van der Waals surface area contributed by atoms with Crippen LogP contribution < -0.4 is 5.32 Å². The van der Waals surface area contributed by atoms with Gasteiger partial charge in [-0.25, -0.2) is 0 Å². The smallest absolute Gasteiger partial charge is 0.0293 e. The Morgan fingerprint density at radius 3 is 2.31 bits per heavy atom. The molecule has 0 amide bonds. The fraction of sp³-hybridized carbons (Fsp3) is 0.500. The first kappa shape index (κ1) is 12.0. The zero-order chi connectivity index (χ0) is 10.4. The lowest BCUT2D eigenvalue weighted by Gasteiger charge is -2.15. The minimum Gasteiger partial charge on any atom is -0.385 e. The van der Waals surface area contributed by atoms with Gasteiger partial charge < -0.3 is 5.32 Å². The summed E-state index contributed by atoms with van der Waals surface area (Å²) in [5, 5.41) is 3.29. The van der Waals surface area contributed by atoms with Crippen molar-refractivity contribution in [3.05, 3.63) is 36.1 Å². The zero-order valence-electron chi connectivity index (χ0n) is 9.28. The molecule has 0 spiro atoms. The van der Waals surface area contributed by atoms with Crippen molar-refractivity contribution >= 4 is 0 Å². The Morgan fingerprint density at radius 1 is 1.38 bits per heavy atom. The molecular formula is C12H21N. The summed E-state index contributed by atoms with van der Waals surface area (Å²) < 4.78 is 0. The Kier molecular flexibility index (Phi) is 5.20. The summed E-state index contributed by atoms with van der Waals surface area (Å²) in [7, 11) is 0. The van der Waals surface area contributed by atoms with Crippen LogP contribution >= 0.6 is 0 Å². The van der Waals surface area contributed by atoms with E-state index >= 15 is 0 Å². The van der Waals surface area contributed by atoms with E-state index in [2.05, 4.69) is 45.3 Å². The number of hydrogen-bond donors (Lipinski definition) is 1. The fourth-order valence-corrected chi connectivity index (χ4v) is 0.764. The van der Waals surface area contributed by atoms with Crippen molar-refractivity contribution in [3.8, 4) is 0 Å². The summed E-state index contributed by atoms with van der Waals surface area (Å²) in [4.78, 5) is 0. The van der Waals surface area contributed by atoms with Crippen molar-refractivity contribution in [2.75, 3.05) is 6.54 Å². The van der Waals surface area contributed by atoms with Crippen LogP contribution in [0.2, 0.25) is 0 Å². The Hall–Kier alpha value is -0.980. The van der Waals surface area contributed by atoms with E-state index in [-0.39, 0.29) is 0 Å². The molecule has 0 fully saturated rings. The van der Waals surface area contributed by atoms with Crippen molar-refractivity contribution in [3.63, 3.8) is 0 Å². The van der Waals surface area contributed by atoms with Gasteiger partial charge in [0.05, 0.1) is 0 Å². The molecule has 0 bridgehead atoms. The fourth-order valence-electron chi connectivity index (χ4n) is 0.764. The van der Waals surface area contributed by atoms with Crippen LogP contribution in [0.15, 0.2) is 36.1 Å². The van der Waals surface area contributed by atoms with Crippen LogP contribution in [-0.4, -0.2) is 6.54 Å². The monoisotopic (exact) mass is 179 g/mol. The maximum atomic E-state index is 3.95. The molecule has 74 valence electrons. The summed E-state index contributed by atoms with van der Waals surface area (Å²) in [6.45, 7) is 17.1. The molecule has 0 aliphatic rings. The SMILES string of the molecule is C=C(NCC(C)C(=C)C)/C(C)=C/C. The second kappa shape index (κ2) is 5.63. The molecule has 0 aromatic heterocycles. The van der Waals surface area contributed by atoms with Gasteiger partial charge in [0.15, 0.2) is 0 Å². The molecular weight excluding hydrogens is 158 g/mol. The van der Waals surface area contributed by atoms with E-state index in [1.807, 2.05) is 6.92 Å². The molecule has 0 saturated heterocycles. The summed E-state index contributed by atoms with van der Waals surface area (Å²) in [6, 6.07) is 0. The van der Waals surface area contributed by atoms with E-state index in [1.54, 1.807) is 0 Å². The molecule has 0 aromatic carbocycles. The topological polar surface area (TPSA) is 12.0 Å². The summed E-state index contributed by atoms with van der Waals surface area (Å²) in [5.74, 6) is 0.501. The molecule has 1 atom stereocenters. The quantitative estimate of drug-likeness (QED) is 0.504. The van der Waals surface area contributed by atoms with Gasteiger partial charge in [-0.15, -0.1) is 0 Å². The first-order valence-electron chi connectivity index (χ1n) is 4.70. The van der Waals surface area contributed by atoms with Crippen LogP contribution in [0.5, 0.6) is 0 Å². The van der Waals surface area contributed by atoms with Crippen LogP contribution in [0.1, 0.15) is 27.7 Å². The second-order valence-corrected chi connectivity index (χ2v) is 3.58. The average molecular weight is 179 g/mol. The highest BCUT2D eigenvalue weighted by atomic mass is 14.9. The van der Waals surface area contributed by atoms with Gasteiger partial charge in [-0.1, -0.05) is 31.7 Å². The van der Waals surface area contributed by atoms with Gasteiger partial charge in [0, 0.05) is 12.2 Å². The first-order chi connectivity index (χ1) is 5.99. The van der Waals surface area contributed by atoms with Crippen molar-refractivity contribution in [2.45, 2.75) is 27.7 Å². The average Bonchev–Trinajstić information content (AvgIpc) is 2.11. The van der Waals surface area contributed by atoms with Gasteiger partial charge in [0.25, 0.3) is 0 Å². The molecule has 0 saturated carbocycles. The minimum atomic E-state index is 0.501. The van der Waals surface area contributed by atoms with Gasteiger partial charge >= 0.3 is 0 Å². The highest BCUT2D eigenvalue weighted by Gasteiger charge is 2.02. The van der Waals surface area contributed by atoms with Crippen LogP contribution in [0.3, 0.4) is 0 Å². The van der Waals surface area contributed by atoms with Crippen LogP contribution in [0.25, 0.3) is 0 Å². The number of hydrogen-bond acceptors (Lipinski definition) is 1. The highest BCUT2D eigenvalue weighted by Crippen LogP contribution is 2.08. The molecule has 1 heteroatoms. The van der Waals surface area contributed by atoms with Crippen LogP contribution in [-0.2, 0) is 0 Å². The van der Waals surface area contributed by atoms with E-state index in [1.165, 1.54) is 11.1 Å². The predicted molar refractivity (Wildman–Crippen MR) is 60.6 cm³/mol. The van der Waals surface area contributed by atoms with Crippen LogP contribution in [0.4, 0.5) is 0 Å². The summed E-state index contributed by atoms with van der Waals surface area (Å²) >= 11 is 0. The van der Waals surface area contributed by atoms with E-state index < -0.39 is 0 Å². The molecule has 1 nitrogen and oxygen atoms in total. The number of rotatable bonds is 5. The largest absolute Gasteiger partial charge is 0.385 e. The molecule has 0 aliphatic carbocycles. The molecule has 0 aliphatic heterocycles. The molecule has 0 radical (unpaired) electrons. The molecule has 0 aromatic rings.